The number of hydrogen-bond donors (Lipinski definition) is 1. The average Bonchev–Trinajstić information content (AvgIpc) is 3.20. The Labute approximate surface area is 207 Å². The number of anilines is 1. The summed E-state index contributed by atoms with van der Waals surface area (Å²) < 4.78 is 7.63. The van der Waals surface area contributed by atoms with Crippen LogP contribution in [0.15, 0.2) is 42.6 Å². The molecule has 0 saturated heterocycles. The summed E-state index contributed by atoms with van der Waals surface area (Å²) in [6.45, 7) is 0.395. The Hall–Kier alpha value is -3.14. The Morgan fingerprint density at radius 3 is 2.71 bits per heavy atom. The Kier molecular flexibility index (Phi) is 8.86. The van der Waals surface area contributed by atoms with Gasteiger partial charge in [-0.3, -0.25) is 19.1 Å². The van der Waals surface area contributed by atoms with E-state index in [2.05, 4.69) is 9.97 Å². The second-order valence-electron chi connectivity index (χ2n) is 7.52. The summed E-state index contributed by atoms with van der Waals surface area (Å²) in [6.07, 6.45) is 2.48. The number of carbonyl (C=O) groups is 2. The molecule has 0 aliphatic carbocycles. The van der Waals surface area contributed by atoms with Gasteiger partial charge in [0.15, 0.2) is 11.5 Å². The molecule has 9 nitrogen and oxygen atoms in total. The summed E-state index contributed by atoms with van der Waals surface area (Å²) in [5.41, 5.74) is 1.60. The number of imidazole rings is 1. The summed E-state index contributed by atoms with van der Waals surface area (Å²) in [5, 5.41) is 9.65. The number of amides is 2. The summed E-state index contributed by atoms with van der Waals surface area (Å²) in [6, 6.07) is 10.7. The first kappa shape index (κ1) is 25.5. The van der Waals surface area contributed by atoms with Gasteiger partial charge in [-0.15, -0.1) is 11.6 Å². The van der Waals surface area contributed by atoms with Gasteiger partial charge in [0.05, 0.1) is 17.3 Å². The zero-order valence-electron chi connectivity index (χ0n) is 18.8. The highest BCUT2D eigenvalue weighted by Gasteiger charge is 2.29. The molecule has 0 aliphatic heterocycles. The maximum absolute atomic E-state index is 13.4. The van der Waals surface area contributed by atoms with E-state index < -0.39 is 0 Å². The number of aliphatic hydroxyl groups is 1. The van der Waals surface area contributed by atoms with Crippen LogP contribution in [0.4, 0.5) is 5.82 Å². The average molecular weight is 506 g/mol. The largest absolute Gasteiger partial charge is 0.425 e. The predicted octanol–water partition coefficient (Wildman–Crippen LogP) is 3.56. The minimum absolute atomic E-state index is 0.0576. The van der Waals surface area contributed by atoms with Gasteiger partial charge in [0.1, 0.15) is 5.75 Å². The van der Waals surface area contributed by atoms with Crippen LogP contribution in [-0.2, 0) is 17.2 Å². The van der Waals surface area contributed by atoms with Crippen LogP contribution in [0, 0.1) is 0 Å². The highest BCUT2D eigenvalue weighted by Crippen LogP contribution is 2.31. The van der Waals surface area contributed by atoms with Crippen LogP contribution in [0.25, 0.3) is 0 Å². The van der Waals surface area contributed by atoms with Gasteiger partial charge in [-0.05, 0) is 36.2 Å². The van der Waals surface area contributed by atoms with E-state index in [0.717, 1.165) is 5.56 Å². The molecule has 11 heteroatoms. The van der Waals surface area contributed by atoms with Gasteiger partial charge in [0, 0.05) is 39.3 Å². The van der Waals surface area contributed by atoms with Crippen molar-refractivity contribution in [1.29, 1.82) is 0 Å². The lowest BCUT2D eigenvalue weighted by Crippen LogP contribution is -2.32. The van der Waals surface area contributed by atoms with E-state index in [-0.39, 0.29) is 36.6 Å². The topological polar surface area (TPSA) is 101 Å². The minimum atomic E-state index is -0.386. The predicted molar refractivity (Wildman–Crippen MR) is 130 cm³/mol. The smallest absolute Gasteiger partial charge is 0.304 e. The lowest BCUT2D eigenvalue weighted by atomic mass is 10.2. The van der Waals surface area contributed by atoms with Gasteiger partial charge in [-0.2, -0.15) is 4.98 Å². The van der Waals surface area contributed by atoms with E-state index >= 15 is 0 Å². The standard InChI is InChI=1S/C23H25Cl2N5O4/c1-28(9-4-10-31)22(33)20-21(29(2)15-32)27-23(34-19-6-3-5-16(11-19)12-24)30(20)14-18-8-7-17(25)13-26-18/h3,5-8,11,13,15,31H,4,9-10,12,14H2,1-2H3. The molecule has 2 aromatic heterocycles. The number of aliphatic hydroxyl groups excluding tert-OH is 1. The second kappa shape index (κ2) is 11.8. The van der Waals surface area contributed by atoms with Gasteiger partial charge in [-0.1, -0.05) is 23.7 Å². The number of nitrogens with zero attached hydrogens (tertiary/aromatic N) is 5. The molecule has 1 aromatic carbocycles. The lowest BCUT2D eigenvalue weighted by Gasteiger charge is -2.20. The first-order chi connectivity index (χ1) is 16.4. The maximum Gasteiger partial charge on any atom is 0.304 e. The van der Waals surface area contributed by atoms with E-state index in [4.69, 9.17) is 27.9 Å². The van der Waals surface area contributed by atoms with Crippen molar-refractivity contribution in [3.63, 3.8) is 0 Å². The SMILES string of the molecule is CN(CCCO)C(=O)c1c(N(C)C=O)nc(Oc2cccc(CCl)c2)n1Cc1ccc(Cl)cn1. The summed E-state index contributed by atoms with van der Waals surface area (Å²) >= 11 is 11.9. The van der Waals surface area contributed by atoms with Gasteiger partial charge in [0.2, 0.25) is 6.41 Å². The third-order valence-corrected chi connectivity index (χ3v) is 5.51. The summed E-state index contributed by atoms with van der Waals surface area (Å²) in [4.78, 5) is 36.5. The van der Waals surface area contributed by atoms with E-state index in [0.29, 0.717) is 41.7 Å². The number of benzene rings is 1. The molecule has 180 valence electrons. The molecular formula is C23H25Cl2N5O4. The molecule has 0 aliphatic rings. The monoisotopic (exact) mass is 505 g/mol. The van der Waals surface area contributed by atoms with Crippen LogP contribution in [-0.4, -0.2) is 64.1 Å². The number of pyridine rings is 1. The first-order valence-corrected chi connectivity index (χ1v) is 11.4. The van der Waals surface area contributed by atoms with E-state index in [9.17, 15) is 14.7 Å². The van der Waals surface area contributed by atoms with Gasteiger partial charge < -0.3 is 19.6 Å². The van der Waals surface area contributed by atoms with Crippen LogP contribution in [0.5, 0.6) is 11.8 Å². The van der Waals surface area contributed by atoms with Crippen molar-refractivity contribution in [2.75, 3.05) is 32.1 Å². The molecule has 3 aromatic rings. The van der Waals surface area contributed by atoms with Crippen molar-refractivity contribution in [3.05, 3.63) is 64.6 Å². The fraction of sp³-hybridized carbons (Fsp3) is 0.304. The Balaban J connectivity index is 2.13. The van der Waals surface area contributed by atoms with Crippen molar-refractivity contribution in [3.8, 4) is 11.8 Å². The molecule has 0 saturated carbocycles. The molecule has 0 spiro atoms. The van der Waals surface area contributed by atoms with E-state index in [1.807, 2.05) is 6.07 Å². The number of rotatable bonds is 11. The molecule has 1 N–H and O–H groups in total. The van der Waals surface area contributed by atoms with E-state index in [1.165, 1.54) is 23.0 Å². The maximum atomic E-state index is 13.4. The van der Waals surface area contributed by atoms with Crippen molar-refractivity contribution in [2.24, 2.45) is 0 Å². The molecule has 2 heterocycles. The summed E-state index contributed by atoms with van der Waals surface area (Å²) in [7, 11) is 3.12. The Bertz CT molecular complexity index is 1140. The van der Waals surface area contributed by atoms with Crippen LogP contribution in [0.1, 0.15) is 28.2 Å². The van der Waals surface area contributed by atoms with Gasteiger partial charge >= 0.3 is 6.01 Å². The summed E-state index contributed by atoms with van der Waals surface area (Å²) in [5.74, 6) is 0.524. The molecule has 3 rings (SSSR count). The van der Waals surface area contributed by atoms with Gasteiger partial charge in [0.25, 0.3) is 5.91 Å². The third-order valence-electron chi connectivity index (χ3n) is 4.98. The fourth-order valence-electron chi connectivity index (χ4n) is 3.20. The normalized spacial score (nSPS) is 10.7. The first-order valence-electron chi connectivity index (χ1n) is 10.5. The molecule has 0 bridgehead atoms. The minimum Gasteiger partial charge on any atom is -0.425 e. The second-order valence-corrected chi connectivity index (χ2v) is 8.23. The van der Waals surface area contributed by atoms with Crippen molar-refractivity contribution < 1.29 is 19.4 Å². The zero-order valence-corrected chi connectivity index (χ0v) is 20.3. The highest BCUT2D eigenvalue weighted by molar-refractivity contribution is 6.30. The quantitative estimate of drug-likeness (QED) is 0.315. The molecular weight excluding hydrogens is 481 g/mol. The fourth-order valence-corrected chi connectivity index (χ4v) is 3.48. The number of aromatic nitrogens is 3. The molecule has 2 amide bonds. The lowest BCUT2D eigenvalue weighted by molar-refractivity contribution is -0.107. The van der Waals surface area contributed by atoms with Crippen LogP contribution in [0.3, 0.4) is 0 Å². The number of halogens is 2. The Morgan fingerprint density at radius 2 is 2.06 bits per heavy atom. The molecule has 0 unspecified atom stereocenters. The molecule has 0 atom stereocenters. The number of alkyl halides is 1. The van der Waals surface area contributed by atoms with Crippen molar-refractivity contribution >= 4 is 41.3 Å². The van der Waals surface area contributed by atoms with Crippen molar-refractivity contribution in [2.45, 2.75) is 18.8 Å². The third kappa shape index (κ3) is 6.05. The van der Waals surface area contributed by atoms with Crippen LogP contribution >= 0.6 is 23.2 Å². The molecule has 0 radical (unpaired) electrons. The van der Waals surface area contributed by atoms with Crippen LogP contribution in [0.2, 0.25) is 5.02 Å². The molecule has 34 heavy (non-hydrogen) atoms. The zero-order chi connectivity index (χ0) is 24.7. The van der Waals surface area contributed by atoms with Crippen LogP contribution < -0.4 is 9.64 Å². The number of ether oxygens (including phenoxy) is 1. The number of hydrogen-bond acceptors (Lipinski definition) is 6. The van der Waals surface area contributed by atoms with Crippen molar-refractivity contribution in [1.82, 2.24) is 19.4 Å². The van der Waals surface area contributed by atoms with Gasteiger partial charge in [-0.25, -0.2) is 0 Å². The van der Waals surface area contributed by atoms with E-state index in [1.54, 1.807) is 41.9 Å². The highest BCUT2D eigenvalue weighted by atomic mass is 35.5. The molecule has 0 fully saturated rings. The number of carbonyl (C=O) groups excluding carboxylic acids is 2. The Morgan fingerprint density at radius 1 is 1.26 bits per heavy atom.